The van der Waals surface area contributed by atoms with Crippen LogP contribution in [0.5, 0.6) is 0 Å². The molecule has 1 saturated heterocycles. The van der Waals surface area contributed by atoms with Crippen molar-refractivity contribution in [2.75, 3.05) is 57.3 Å². The first-order valence-corrected chi connectivity index (χ1v) is 11.9. The van der Waals surface area contributed by atoms with Gasteiger partial charge in [-0.25, -0.2) is 0 Å². The summed E-state index contributed by atoms with van der Waals surface area (Å²) in [6.45, 7) is 12.4. The number of nitrogens with zero attached hydrogens (tertiary/aromatic N) is 3. The van der Waals surface area contributed by atoms with E-state index < -0.39 is 0 Å². The summed E-state index contributed by atoms with van der Waals surface area (Å²) in [6.07, 6.45) is 5.69. The Kier molecular flexibility index (Phi) is 9.76. The molecular weight excluding hydrogens is 358 g/mol. The van der Waals surface area contributed by atoms with Crippen LogP contribution in [0.1, 0.15) is 52.9 Å². The van der Waals surface area contributed by atoms with Crippen LogP contribution in [0, 0.1) is 0 Å². The molecule has 1 amide bonds. The first kappa shape index (κ1) is 22.3. The molecule has 0 aromatic carbocycles. The Hall–Kier alpha value is -0.950. The molecule has 2 fully saturated rings. The smallest absolute Gasteiger partial charge is 0.224 e. The molecule has 0 atom stereocenters. The number of carbonyl (C=O) groups is 1. The minimum Gasteiger partial charge on any atom is -0.357 e. The molecule has 1 aliphatic heterocycles. The van der Waals surface area contributed by atoms with Gasteiger partial charge in [-0.2, -0.15) is 11.8 Å². The lowest BCUT2D eigenvalue weighted by molar-refractivity contribution is -0.130. The normalized spacial score (nSPS) is 20.5. The van der Waals surface area contributed by atoms with Crippen molar-refractivity contribution in [2.45, 2.75) is 58.4 Å². The van der Waals surface area contributed by atoms with Gasteiger partial charge in [0, 0.05) is 62.7 Å². The Morgan fingerprint density at radius 1 is 1.11 bits per heavy atom. The highest BCUT2D eigenvalue weighted by Crippen LogP contribution is 2.37. The maximum Gasteiger partial charge on any atom is 0.224 e. The van der Waals surface area contributed by atoms with Gasteiger partial charge < -0.3 is 15.5 Å². The van der Waals surface area contributed by atoms with Crippen LogP contribution in [0.15, 0.2) is 4.99 Å². The molecule has 0 radical (unpaired) electrons. The Balaban J connectivity index is 1.91. The van der Waals surface area contributed by atoms with Crippen molar-refractivity contribution in [3.05, 3.63) is 0 Å². The summed E-state index contributed by atoms with van der Waals surface area (Å²) < 4.78 is 0. The number of carbonyl (C=O) groups excluding carboxylic acids is 1. The molecule has 156 valence electrons. The second-order valence-electron chi connectivity index (χ2n) is 7.47. The van der Waals surface area contributed by atoms with Gasteiger partial charge in [0.05, 0.1) is 6.54 Å². The molecule has 0 aromatic rings. The molecule has 1 heterocycles. The van der Waals surface area contributed by atoms with Crippen LogP contribution in [-0.4, -0.2) is 84.5 Å². The van der Waals surface area contributed by atoms with Crippen LogP contribution in [0.4, 0.5) is 0 Å². The zero-order valence-corrected chi connectivity index (χ0v) is 18.4. The molecule has 2 aliphatic rings. The predicted molar refractivity (Wildman–Crippen MR) is 117 cm³/mol. The molecule has 0 aromatic heterocycles. The molecule has 0 bridgehead atoms. The average Bonchev–Trinajstić information content (AvgIpc) is 3.18. The minimum atomic E-state index is 0.210. The molecule has 2 N–H and O–H groups in total. The summed E-state index contributed by atoms with van der Waals surface area (Å²) in [5, 5.41) is 6.72. The van der Waals surface area contributed by atoms with Crippen molar-refractivity contribution in [3.63, 3.8) is 0 Å². The lowest BCUT2D eigenvalue weighted by Crippen LogP contribution is -2.53. The molecule has 0 spiro atoms. The van der Waals surface area contributed by atoms with Crippen molar-refractivity contribution in [1.29, 1.82) is 0 Å². The van der Waals surface area contributed by atoms with Crippen LogP contribution in [-0.2, 0) is 4.79 Å². The fourth-order valence-corrected chi connectivity index (χ4v) is 5.14. The maximum absolute atomic E-state index is 12.2. The largest absolute Gasteiger partial charge is 0.357 e. The van der Waals surface area contributed by atoms with Crippen molar-refractivity contribution < 1.29 is 4.79 Å². The van der Waals surface area contributed by atoms with Gasteiger partial charge in [0.25, 0.3) is 0 Å². The van der Waals surface area contributed by atoms with E-state index in [0.29, 0.717) is 13.0 Å². The van der Waals surface area contributed by atoms with Crippen LogP contribution >= 0.6 is 11.8 Å². The van der Waals surface area contributed by atoms with Crippen molar-refractivity contribution in [2.24, 2.45) is 4.99 Å². The Bertz CT molecular complexity index is 469. The molecular formula is C20H39N5OS. The number of nitrogens with one attached hydrogen (secondary N) is 2. The molecule has 27 heavy (non-hydrogen) atoms. The van der Waals surface area contributed by atoms with E-state index >= 15 is 0 Å². The number of rotatable bonds is 9. The zero-order valence-electron chi connectivity index (χ0n) is 17.6. The van der Waals surface area contributed by atoms with Gasteiger partial charge in [0.15, 0.2) is 5.96 Å². The number of hydrogen-bond acceptors (Lipinski definition) is 4. The maximum atomic E-state index is 12.2. The summed E-state index contributed by atoms with van der Waals surface area (Å²) in [5.74, 6) is 3.55. The number of aliphatic imine (C=N–C) groups is 1. The topological polar surface area (TPSA) is 60.0 Å². The third kappa shape index (κ3) is 6.56. The van der Waals surface area contributed by atoms with E-state index in [1.165, 1.54) is 50.3 Å². The first-order valence-electron chi connectivity index (χ1n) is 10.8. The van der Waals surface area contributed by atoms with Crippen LogP contribution in [0.25, 0.3) is 0 Å². The third-order valence-electron chi connectivity index (χ3n) is 5.84. The van der Waals surface area contributed by atoms with Crippen LogP contribution in [0.3, 0.4) is 0 Å². The van der Waals surface area contributed by atoms with E-state index in [4.69, 9.17) is 4.99 Å². The number of guanidine groups is 1. The van der Waals surface area contributed by atoms with Gasteiger partial charge in [-0.05, 0) is 33.6 Å². The monoisotopic (exact) mass is 397 g/mol. The van der Waals surface area contributed by atoms with Gasteiger partial charge in [-0.15, -0.1) is 0 Å². The van der Waals surface area contributed by atoms with E-state index in [-0.39, 0.29) is 11.4 Å². The van der Waals surface area contributed by atoms with E-state index in [2.05, 4.69) is 34.2 Å². The standard InChI is InChI=1S/C20H39N5OS/c1-4-21-19(22-12-9-18(26)24(5-2)6-3)23-17-20(10-7-8-11-20)25-13-15-27-16-14-25/h4-17H2,1-3H3,(H2,21,22,23). The Morgan fingerprint density at radius 3 is 2.37 bits per heavy atom. The van der Waals surface area contributed by atoms with E-state index in [1.807, 2.05) is 18.7 Å². The number of thioether (sulfide) groups is 1. The fraction of sp³-hybridized carbons (Fsp3) is 0.900. The second kappa shape index (κ2) is 11.8. The molecule has 7 heteroatoms. The summed E-state index contributed by atoms with van der Waals surface area (Å²) in [4.78, 5) is 21.7. The van der Waals surface area contributed by atoms with Crippen LogP contribution in [0.2, 0.25) is 0 Å². The van der Waals surface area contributed by atoms with Crippen molar-refractivity contribution >= 4 is 23.6 Å². The van der Waals surface area contributed by atoms with Gasteiger partial charge in [0.2, 0.25) is 5.91 Å². The highest BCUT2D eigenvalue weighted by atomic mass is 32.2. The summed E-state index contributed by atoms with van der Waals surface area (Å²) in [7, 11) is 0. The predicted octanol–water partition coefficient (Wildman–Crippen LogP) is 2.16. The van der Waals surface area contributed by atoms with Crippen LogP contribution < -0.4 is 10.6 Å². The highest BCUT2D eigenvalue weighted by molar-refractivity contribution is 7.99. The SMILES string of the molecule is CCNC(=NCC1(N2CCSCC2)CCCC1)NCCC(=O)N(CC)CC. The average molecular weight is 398 g/mol. The quantitative estimate of drug-likeness (QED) is 0.461. The fourth-order valence-electron chi connectivity index (χ4n) is 4.24. The van der Waals surface area contributed by atoms with Gasteiger partial charge in [-0.1, -0.05) is 12.8 Å². The van der Waals surface area contributed by atoms with Crippen molar-refractivity contribution in [3.8, 4) is 0 Å². The second-order valence-corrected chi connectivity index (χ2v) is 8.69. The lowest BCUT2D eigenvalue weighted by atomic mass is 9.95. The molecule has 1 aliphatic carbocycles. The minimum absolute atomic E-state index is 0.210. The Labute approximate surface area is 169 Å². The summed E-state index contributed by atoms with van der Waals surface area (Å²) >= 11 is 2.07. The van der Waals surface area contributed by atoms with Gasteiger partial charge >= 0.3 is 0 Å². The van der Waals surface area contributed by atoms with E-state index in [0.717, 1.165) is 32.1 Å². The third-order valence-corrected chi connectivity index (χ3v) is 6.78. The summed E-state index contributed by atoms with van der Waals surface area (Å²) in [5.41, 5.74) is 0.250. The molecule has 0 unspecified atom stereocenters. The van der Waals surface area contributed by atoms with Gasteiger partial charge in [-0.3, -0.25) is 14.7 Å². The summed E-state index contributed by atoms with van der Waals surface area (Å²) in [6, 6.07) is 0. The molecule has 6 nitrogen and oxygen atoms in total. The molecule has 2 rings (SSSR count). The number of hydrogen-bond donors (Lipinski definition) is 2. The highest BCUT2D eigenvalue weighted by Gasteiger charge is 2.39. The Morgan fingerprint density at radius 2 is 1.78 bits per heavy atom. The molecule has 1 saturated carbocycles. The van der Waals surface area contributed by atoms with Gasteiger partial charge in [0.1, 0.15) is 0 Å². The van der Waals surface area contributed by atoms with E-state index in [1.54, 1.807) is 0 Å². The van der Waals surface area contributed by atoms with Crippen molar-refractivity contribution in [1.82, 2.24) is 20.4 Å². The number of amides is 1. The first-order chi connectivity index (χ1) is 13.1. The van der Waals surface area contributed by atoms with E-state index in [9.17, 15) is 4.79 Å². The lowest BCUT2D eigenvalue weighted by Gasteiger charge is -2.42. The zero-order chi connectivity index (χ0) is 19.5.